The van der Waals surface area contributed by atoms with Gasteiger partial charge in [0.1, 0.15) is 17.3 Å². The fourth-order valence-electron chi connectivity index (χ4n) is 5.62. The third-order valence-corrected chi connectivity index (χ3v) is 8.53. The zero-order valence-corrected chi connectivity index (χ0v) is 24.5. The third kappa shape index (κ3) is 5.41. The highest BCUT2D eigenvalue weighted by Gasteiger charge is 2.57. The Morgan fingerprint density at radius 2 is 1.50 bits per heavy atom. The van der Waals surface area contributed by atoms with Crippen LogP contribution in [0.15, 0.2) is 97.1 Å². The molecule has 4 aromatic carbocycles. The summed E-state index contributed by atoms with van der Waals surface area (Å²) in [5, 5.41) is 25.5. The molecule has 42 heavy (non-hydrogen) atoms. The Morgan fingerprint density at radius 1 is 0.905 bits per heavy atom. The highest BCUT2D eigenvalue weighted by atomic mass is 35.5. The molecule has 1 fully saturated rings. The van der Waals surface area contributed by atoms with Crippen LogP contribution in [0.1, 0.15) is 38.8 Å². The molecule has 1 aliphatic rings. The number of ether oxygens (including phenoxy) is 1. The number of para-hydroxylation sites is 1. The summed E-state index contributed by atoms with van der Waals surface area (Å²) >= 11 is 6.15. The molecule has 0 aliphatic carbocycles. The summed E-state index contributed by atoms with van der Waals surface area (Å²) in [4.78, 5) is 12.0. The summed E-state index contributed by atoms with van der Waals surface area (Å²) in [6.07, 6.45) is -0.359. The fraction of sp³-hybridized carbons (Fsp3) is 0.250. The molecule has 0 saturated carbocycles. The minimum atomic E-state index is -2.83. The van der Waals surface area contributed by atoms with Gasteiger partial charge in [0.2, 0.25) is 5.69 Å². The number of hydrogen-bond acceptors (Lipinski definition) is 6. The Morgan fingerprint density at radius 3 is 2.10 bits per heavy atom. The van der Waals surface area contributed by atoms with Gasteiger partial charge >= 0.3 is 0 Å². The molecule has 0 amide bonds. The van der Waals surface area contributed by atoms with E-state index in [2.05, 4.69) is 0 Å². The zero-order chi connectivity index (χ0) is 30.3. The summed E-state index contributed by atoms with van der Waals surface area (Å²) < 4.78 is 34.7. The lowest BCUT2D eigenvalue weighted by atomic mass is 9.44. The number of benzene rings is 4. The number of rotatable bonds is 8. The number of nitro groups is 1. The molecule has 1 atom stereocenters. The van der Waals surface area contributed by atoms with Gasteiger partial charge in [0, 0.05) is 21.8 Å². The van der Waals surface area contributed by atoms with Gasteiger partial charge < -0.3 is 19.2 Å². The van der Waals surface area contributed by atoms with Gasteiger partial charge in [-0.3, -0.25) is 10.1 Å². The molecule has 0 spiro atoms. The van der Waals surface area contributed by atoms with E-state index in [0.717, 1.165) is 0 Å². The summed E-state index contributed by atoms with van der Waals surface area (Å²) in [5.74, 6) is 0.0896. The third-order valence-electron chi connectivity index (χ3n) is 8.28. The Balaban J connectivity index is 1.72. The Labute approximate surface area is 249 Å². The van der Waals surface area contributed by atoms with Crippen molar-refractivity contribution in [1.29, 1.82) is 0 Å². The normalized spacial score (nSPS) is 18.3. The van der Waals surface area contributed by atoms with Crippen molar-refractivity contribution in [3.63, 3.8) is 0 Å². The van der Waals surface area contributed by atoms with Crippen molar-refractivity contribution < 1.29 is 28.5 Å². The maximum absolute atomic E-state index is 15.4. The van der Waals surface area contributed by atoms with Gasteiger partial charge in [-0.15, -0.1) is 0 Å². The smallest absolute Gasteiger partial charge is 0.280 e. The Hall–Kier alpha value is -3.76. The molecule has 10 heteroatoms. The second kappa shape index (κ2) is 10.8. The summed E-state index contributed by atoms with van der Waals surface area (Å²) in [6, 6.07) is 25.5. The number of nitrogens with zero attached hydrogens (tertiary/aromatic N) is 1. The molecule has 1 heterocycles. The largest absolute Gasteiger partial charge is 0.558 e. The van der Waals surface area contributed by atoms with Crippen LogP contribution in [0.2, 0.25) is 11.3 Å². The van der Waals surface area contributed by atoms with Crippen molar-refractivity contribution in [2.24, 2.45) is 0 Å². The number of nitro benzene ring substituents is 1. The standard InChI is InChI=1S/C32H31BClFNO6/c1-30(2)31(3,4)42-33(41-30,27-19-18-25(20-29(27)36(38)39)40-24-10-6-5-7-11-24)21-32(37,22-14-16-23(34)17-15-22)26-12-8-9-13-28(26)35/h5-20,37H,21H2,1-4H3/q-1. The monoisotopic (exact) mass is 590 g/mol. The first-order valence-electron chi connectivity index (χ1n) is 13.6. The van der Waals surface area contributed by atoms with E-state index in [1.54, 1.807) is 60.7 Å². The average Bonchev–Trinajstić information content (AvgIpc) is 3.12. The van der Waals surface area contributed by atoms with Crippen LogP contribution in [0.5, 0.6) is 11.5 Å². The van der Waals surface area contributed by atoms with E-state index in [-0.39, 0.29) is 28.8 Å². The van der Waals surface area contributed by atoms with E-state index in [1.807, 2.05) is 33.8 Å². The maximum atomic E-state index is 15.4. The minimum Gasteiger partial charge on any atom is -0.558 e. The number of halogens is 2. The average molecular weight is 591 g/mol. The summed E-state index contributed by atoms with van der Waals surface area (Å²) in [5.41, 5.74) is -3.84. The van der Waals surface area contributed by atoms with E-state index in [4.69, 9.17) is 25.6 Å². The zero-order valence-electron chi connectivity index (χ0n) is 23.7. The van der Waals surface area contributed by atoms with Crippen molar-refractivity contribution in [3.8, 4) is 11.5 Å². The van der Waals surface area contributed by atoms with E-state index in [1.165, 1.54) is 30.3 Å². The lowest BCUT2D eigenvalue weighted by Gasteiger charge is -2.44. The number of hydrogen-bond donors (Lipinski definition) is 1. The lowest BCUT2D eigenvalue weighted by molar-refractivity contribution is -0.383. The van der Waals surface area contributed by atoms with Crippen LogP contribution in [-0.2, 0) is 14.9 Å². The second-order valence-corrected chi connectivity index (χ2v) is 12.0. The van der Waals surface area contributed by atoms with E-state index < -0.39 is 34.1 Å². The van der Waals surface area contributed by atoms with Crippen LogP contribution >= 0.6 is 11.6 Å². The molecule has 0 aromatic heterocycles. The molecule has 1 saturated heterocycles. The minimum absolute atomic E-state index is 0.0324. The molecular weight excluding hydrogens is 560 g/mol. The summed E-state index contributed by atoms with van der Waals surface area (Å²) in [7, 11) is 0. The van der Waals surface area contributed by atoms with Gasteiger partial charge in [-0.2, -0.15) is 0 Å². The molecule has 218 valence electrons. The van der Waals surface area contributed by atoms with Gasteiger partial charge in [-0.25, -0.2) is 4.39 Å². The Kier molecular flexibility index (Phi) is 7.66. The highest BCUT2D eigenvalue weighted by molar-refractivity contribution is 6.83. The maximum Gasteiger partial charge on any atom is 0.280 e. The van der Waals surface area contributed by atoms with Crippen molar-refractivity contribution in [2.75, 3.05) is 0 Å². The molecule has 5 rings (SSSR count). The van der Waals surface area contributed by atoms with Gasteiger partial charge in [0.15, 0.2) is 0 Å². The molecule has 0 bridgehead atoms. The van der Waals surface area contributed by atoms with Crippen LogP contribution in [0, 0.1) is 15.9 Å². The molecule has 1 unspecified atom stereocenters. The fourth-order valence-corrected chi connectivity index (χ4v) is 5.74. The van der Waals surface area contributed by atoms with Gasteiger partial charge in [0.05, 0.1) is 16.6 Å². The quantitative estimate of drug-likeness (QED) is 0.131. The van der Waals surface area contributed by atoms with Gasteiger partial charge in [-0.1, -0.05) is 78.0 Å². The molecule has 7 nitrogen and oxygen atoms in total. The molecule has 4 aromatic rings. The first-order chi connectivity index (χ1) is 19.8. The van der Waals surface area contributed by atoms with Crippen LogP contribution < -0.4 is 10.2 Å². The van der Waals surface area contributed by atoms with Crippen LogP contribution in [0.3, 0.4) is 0 Å². The van der Waals surface area contributed by atoms with Gasteiger partial charge in [0.25, 0.3) is 6.55 Å². The van der Waals surface area contributed by atoms with Crippen LogP contribution in [0.4, 0.5) is 10.1 Å². The molecule has 0 radical (unpaired) electrons. The Bertz CT molecular complexity index is 1600. The van der Waals surface area contributed by atoms with E-state index in [9.17, 15) is 15.2 Å². The predicted octanol–water partition coefficient (Wildman–Crippen LogP) is 7.37. The number of aliphatic hydroxyl groups is 1. The molecule has 1 N–H and O–H groups in total. The predicted molar refractivity (Wildman–Crippen MR) is 161 cm³/mol. The SMILES string of the molecule is CC1(C)O[B-](CC(O)(c2ccc(Cl)cc2)c2ccccc2F)(c2ccc(Oc3ccccc3)cc2[N+](=O)[O-])OC1(C)C. The second-order valence-electron chi connectivity index (χ2n) is 11.6. The van der Waals surface area contributed by atoms with Crippen LogP contribution in [0.25, 0.3) is 0 Å². The first kappa shape index (κ1) is 29.7. The lowest BCUT2D eigenvalue weighted by Crippen LogP contribution is -2.56. The van der Waals surface area contributed by atoms with Crippen molar-refractivity contribution in [2.45, 2.75) is 50.8 Å². The molecule has 1 aliphatic heterocycles. The van der Waals surface area contributed by atoms with Crippen molar-refractivity contribution in [3.05, 3.63) is 129 Å². The van der Waals surface area contributed by atoms with Crippen molar-refractivity contribution >= 4 is 29.3 Å². The highest BCUT2D eigenvalue weighted by Crippen LogP contribution is 2.49. The van der Waals surface area contributed by atoms with E-state index >= 15 is 4.39 Å². The summed E-state index contributed by atoms with van der Waals surface area (Å²) in [6.45, 7) is 4.44. The van der Waals surface area contributed by atoms with Crippen molar-refractivity contribution in [1.82, 2.24) is 0 Å². The van der Waals surface area contributed by atoms with Gasteiger partial charge in [-0.05, 0) is 69.7 Å². The molecular formula is C32H31BClFNO6-. The van der Waals surface area contributed by atoms with Crippen LogP contribution in [-0.4, -0.2) is 27.8 Å². The van der Waals surface area contributed by atoms with E-state index in [0.29, 0.717) is 16.3 Å². The first-order valence-corrected chi connectivity index (χ1v) is 14.0. The topological polar surface area (TPSA) is 91.1 Å².